The lowest BCUT2D eigenvalue weighted by Gasteiger charge is -2.23. The molecule has 1 fully saturated rings. The van der Waals surface area contributed by atoms with E-state index in [4.69, 9.17) is 4.74 Å². The van der Waals surface area contributed by atoms with Crippen LogP contribution in [-0.4, -0.2) is 43.7 Å². The van der Waals surface area contributed by atoms with E-state index >= 15 is 0 Å². The van der Waals surface area contributed by atoms with Gasteiger partial charge in [0.05, 0.1) is 18.8 Å². The van der Waals surface area contributed by atoms with Crippen molar-refractivity contribution in [3.05, 3.63) is 0 Å². The van der Waals surface area contributed by atoms with Gasteiger partial charge in [0.1, 0.15) is 6.61 Å². The van der Waals surface area contributed by atoms with Crippen LogP contribution < -0.4 is 5.32 Å². The molecule has 0 aromatic rings. The summed E-state index contributed by atoms with van der Waals surface area (Å²) in [7, 11) is 0. The molecular formula is C12H22F3NO2. The van der Waals surface area contributed by atoms with Crippen LogP contribution in [0.25, 0.3) is 0 Å². The first kappa shape index (κ1) is 15.7. The number of alkyl halides is 3. The third-order valence-electron chi connectivity index (χ3n) is 2.63. The highest BCUT2D eigenvalue weighted by Gasteiger charge is 2.30. The van der Waals surface area contributed by atoms with Gasteiger partial charge in [0, 0.05) is 12.1 Å². The van der Waals surface area contributed by atoms with Crippen molar-refractivity contribution in [3.8, 4) is 0 Å². The molecule has 0 saturated carbocycles. The molecule has 2 unspecified atom stereocenters. The third-order valence-corrected chi connectivity index (χ3v) is 2.63. The van der Waals surface area contributed by atoms with Gasteiger partial charge in [0.15, 0.2) is 0 Å². The minimum absolute atomic E-state index is 0.0194. The Bertz CT molecular complexity index is 251. The van der Waals surface area contributed by atoms with E-state index in [0.29, 0.717) is 0 Å². The van der Waals surface area contributed by atoms with E-state index in [1.54, 1.807) is 0 Å². The lowest BCUT2D eigenvalue weighted by Crippen LogP contribution is -2.41. The Morgan fingerprint density at radius 1 is 1.17 bits per heavy atom. The van der Waals surface area contributed by atoms with E-state index in [0.717, 1.165) is 19.4 Å². The van der Waals surface area contributed by atoms with Gasteiger partial charge in [-0.1, -0.05) is 0 Å². The monoisotopic (exact) mass is 269 g/mol. The highest BCUT2D eigenvalue weighted by atomic mass is 19.4. The Labute approximate surface area is 106 Å². The Morgan fingerprint density at radius 3 is 2.33 bits per heavy atom. The van der Waals surface area contributed by atoms with Gasteiger partial charge in [-0.2, -0.15) is 13.2 Å². The zero-order valence-corrected chi connectivity index (χ0v) is 11.1. The summed E-state index contributed by atoms with van der Waals surface area (Å²) in [5, 5.41) is 3.32. The minimum atomic E-state index is -4.26. The summed E-state index contributed by atoms with van der Waals surface area (Å²) in [6.45, 7) is 5.73. The summed E-state index contributed by atoms with van der Waals surface area (Å²) in [6, 6.07) is 0. The maximum Gasteiger partial charge on any atom is 0.411 e. The smallest absolute Gasteiger partial charge is 0.371 e. The van der Waals surface area contributed by atoms with Crippen LogP contribution >= 0.6 is 0 Å². The highest BCUT2D eigenvalue weighted by Crippen LogP contribution is 2.21. The second-order valence-corrected chi connectivity index (χ2v) is 5.72. The van der Waals surface area contributed by atoms with Crippen molar-refractivity contribution in [1.82, 2.24) is 5.32 Å². The Hall–Kier alpha value is -0.330. The molecule has 1 saturated heterocycles. The van der Waals surface area contributed by atoms with Crippen LogP contribution in [0, 0.1) is 0 Å². The van der Waals surface area contributed by atoms with Gasteiger partial charge in [0.25, 0.3) is 0 Å². The van der Waals surface area contributed by atoms with Crippen molar-refractivity contribution in [2.75, 3.05) is 19.8 Å². The molecule has 1 aliphatic rings. The number of hydrogen-bond acceptors (Lipinski definition) is 3. The molecule has 1 aliphatic heterocycles. The molecule has 18 heavy (non-hydrogen) atoms. The van der Waals surface area contributed by atoms with Crippen molar-refractivity contribution in [1.29, 1.82) is 0 Å². The van der Waals surface area contributed by atoms with Crippen molar-refractivity contribution in [3.63, 3.8) is 0 Å². The summed E-state index contributed by atoms with van der Waals surface area (Å²) in [5.41, 5.74) is 0.0221. The molecular weight excluding hydrogens is 247 g/mol. The maximum atomic E-state index is 11.9. The van der Waals surface area contributed by atoms with Crippen molar-refractivity contribution in [2.45, 2.75) is 57.5 Å². The second kappa shape index (κ2) is 6.21. The molecule has 0 radical (unpaired) electrons. The minimum Gasteiger partial charge on any atom is -0.371 e. The average Bonchev–Trinajstić information content (AvgIpc) is 2.60. The first-order valence-corrected chi connectivity index (χ1v) is 6.21. The largest absolute Gasteiger partial charge is 0.411 e. The molecule has 0 bridgehead atoms. The molecule has 0 amide bonds. The molecule has 0 aromatic heterocycles. The molecule has 3 nitrogen and oxygen atoms in total. The van der Waals surface area contributed by atoms with Crippen LogP contribution in [0.1, 0.15) is 33.6 Å². The maximum absolute atomic E-state index is 11.9. The zero-order valence-electron chi connectivity index (χ0n) is 11.1. The van der Waals surface area contributed by atoms with Gasteiger partial charge < -0.3 is 14.8 Å². The van der Waals surface area contributed by atoms with Gasteiger partial charge in [-0.25, -0.2) is 0 Å². The Balaban J connectivity index is 2.14. The molecule has 1 N–H and O–H groups in total. The van der Waals surface area contributed by atoms with E-state index in [-0.39, 0.29) is 24.4 Å². The molecule has 1 rings (SSSR count). The van der Waals surface area contributed by atoms with Crippen LogP contribution in [-0.2, 0) is 9.47 Å². The second-order valence-electron chi connectivity index (χ2n) is 5.72. The summed E-state index contributed by atoms with van der Waals surface area (Å²) in [5.74, 6) is 0. The van der Waals surface area contributed by atoms with Crippen LogP contribution in [0.5, 0.6) is 0 Å². The van der Waals surface area contributed by atoms with Crippen LogP contribution in [0.3, 0.4) is 0 Å². The first-order valence-electron chi connectivity index (χ1n) is 6.21. The lowest BCUT2D eigenvalue weighted by molar-refractivity contribution is -0.180. The fraction of sp³-hybridized carbons (Fsp3) is 1.00. The predicted molar refractivity (Wildman–Crippen MR) is 62.5 cm³/mol. The number of nitrogens with one attached hydrogen (secondary N) is 1. The highest BCUT2D eigenvalue weighted by molar-refractivity contribution is 4.79. The summed E-state index contributed by atoms with van der Waals surface area (Å²) >= 11 is 0. The van der Waals surface area contributed by atoms with Crippen LogP contribution in [0.15, 0.2) is 0 Å². The number of rotatable bonds is 5. The topological polar surface area (TPSA) is 30.5 Å². The van der Waals surface area contributed by atoms with Gasteiger partial charge in [-0.15, -0.1) is 0 Å². The van der Waals surface area contributed by atoms with E-state index in [2.05, 4.69) is 30.8 Å². The van der Waals surface area contributed by atoms with E-state index in [1.165, 1.54) is 0 Å². The van der Waals surface area contributed by atoms with Gasteiger partial charge in [-0.3, -0.25) is 0 Å². The van der Waals surface area contributed by atoms with Crippen molar-refractivity contribution < 1.29 is 22.6 Å². The van der Waals surface area contributed by atoms with E-state index in [1.807, 2.05) is 0 Å². The standard InChI is InChI=1S/C12H22F3NO2/c1-11(2,3)16-6-9-4-5-10(18-9)7-17-8-12(13,14)15/h9-10,16H,4-8H2,1-3H3. The van der Waals surface area contributed by atoms with Crippen molar-refractivity contribution in [2.24, 2.45) is 0 Å². The number of ether oxygens (including phenoxy) is 2. The fourth-order valence-corrected chi connectivity index (χ4v) is 1.78. The van der Waals surface area contributed by atoms with Crippen LogP contribution in [0.2, 0.25) is 0 Å². The van der Waals surface area contributed by atoms with E-state index in [9.17, 15) is 13.2 Å². The zero-order chi connectivity index (χ0) is 13.8. The molecule has 2 atom stereocenters. The predicted octanol–water partition coefficient (Wildman–Crippen LogP) is 2.50. The molecule has 0 aromatic carbocycles. The summed E-state index contributed by atoms with van der Waals surface area (Å²) in [6.07, 6.45) is -2.77. The SMILES string of the molecule is CC(C)(C)NCC1CCC(COCC(F)(F)F)O1. The molecule has 108 valence electrons. The molecule has 0 aliphatic carbocycles. The number of hydrogen-bond donors (Lipinski definition) is 1. The molecule has 0 spiro atoms. The number of halogens is 3. The Morgan fingerprint density at radius 2 is 1.78 bits per heavy atom. The van der Waals surface area contributed by atoms with Gasteiger partial charge in [0.2, 0.25) is 0 Å². The fourth-order valence-electron chi connectivity index (χ4n) is 1.78. The van der Waals surface area contributed by atoms with E-state index < -0.39 is 12.8 Å². The van der Waals surface area contributed by atoms with Crippen molar-refractivity contribution >= 4 is 0 Å². The van der Waals surface area contributed by atoms with Gasteiger partial charge in [-0.05, 0) is 33.6 Å². The lowest BCUT2D eigenvalue weighted by atomic mass is 10.1. The molecule has 1 heterocycles. The van der Waals surface area contributed by atoms with Crippen LogP contribution in [0.4, 0.5) is 13.2 Å². The average molecular weight is 269 g/mol. The third kappa shape index (κ3) is 7.18. The Kier molecular flexibility index (Phi) is 5.43. The molecule has 6 heteroatoms. The quantitative estimate of drug-likeness (QED) is 0.832. The van der Waals surface area contributed by atoms with Gasteiger partial charge >= 0.3 is 6.18 Å². The normalized spacial score (nSPS) is 25.7. The first-order chi connectivity index (χ1) is 8.16. The summed E-state index contributed by atoms with van der Waals surface area (Å²) in [4.78, 5) is 0. The summed E-state index contributed by atoms with van der Waals surface area (Å²) < 4.78 is 45.9.